The molecule has 0 bridgehead atoms. The van der Waals surface area contributed by atoms with E-state index in [0.717, 1.165) is 98.3 Å². The van der Waals surface area contributed by atoms with Crippen molar-refractivity contribution in [1.29, 1.82) is 32.5 Å². The Morgan fingerprint density at radius 2 is 0.533 bits per heavy atom. The quantitative estimate of drug-likeness (QED) is 0.0789. The lowest BCUT2D eigenvalue weighted by molar-refractivity contribution is 0.0654. The van der Waals surface area contributed by atoms with E-state index in [4.69, 9.17) is 37.2 Å². The number of morpholine rings is 1. The fourth-order valence-corrected chi connectivity index (χ4v) is 8.14. The smallest absolute Gasteiger partial charge is 0.125 e. The molecule has 6 rings (SSSR count). The molecule has 0 radical (unpaired) electrons. The highest BCUT2D eigenvalue weighted by Gasteiger charge is 2.32. The van der Waals surface area contributed by atoms with Crippen LogP contribution >= 0.6 is 0 Å². The fraction of sp³-hybridized carbons (Fsp3) is 0.778. The van der Waals surface area contributed by atoms with Gasteiger partial charge in [0, 0.05) is 91.6 Å². The van der Waals surface area contributed by atoms with Crippen molar-refractivity contribution in [2.45, 2.75) is 161 Å². The van der Waals surface area contributed by atoms with Gasteiger partial charge < -0.3 is 39.5 Å². The van der Waals surface area contributed by atoms with E-state index in [1.807, 2.05) is 92.9 Å². The summed E-state index contributed by atoms with van der Waals surface area (Å²) in [5, 5.41) is 53.9. The summed E-state index contributed by atoms with van der Waals surface area (Å²) in [6.07, 6.45) is 8.52. The minimum atomic E-state index is -0.475. The number of nitrogens with zero attached hydrogens (tertiary/aromatic N) is 12. The monoisotopic (exact) mass is 1050 g/mol. The van der Waals surface area contributed by atoms with Crippen LogP contribution in [0, 0.1) is 32.5 Å². The first-order valence-electron chi connectivity index (χ1n) is 26.9. The number of likely N-dealkylation sites (tertiary alicyclic amines) is 3. The number of ether oxygens (including phenoxy) is 1. The van der Waals surface area contributed by atoms with Crippen LogP contribution in [0.15, 0.2) is 30.0 Å². The van der Waals surface area contributed by atoms with Crippen LogP contribution in [0.5, 0.6) is 0 Å². The van der Waals surface area contributed by atoms with E-state index >= 15 is 0 Å². The molecule has 6 heterocycles. The van der Waals surface area contributed by atoms with Crippen molar-refractivity contribution < 1.29 is 4.74 Å². The summed E-state index contributed by atoms with van der Waals surface area (Å²) in [6.45, 7) is 59.5. The van der Waals surface area contributed by atoms with E-state index in [1.165, 1.54) is 44.9 Å². The minimum Gasteiger partial charge on any atom is -0.378 e. The normalized spacial score (nSPS) is 18.2. The van der Waals surface area contributed by atoms with Crippen molar-refractivity contribution in [1.82, 2.24) is 40.0 Å². The summed E-state index contributed by atoms with van der Waals surface area (Å²) < 4.78 is 5.21. The lowest BCUT2D eigenvalue weighted by Gasteiger charge is -2.35. The van der Waals surface area contributed by atoms with Crippen LogP contribution < -0.4 is 10.6 Å². The summed E-state index contributed by atoms with van der Waals surface area (Å²) in [7, 11) is 0. The highest BCUT2D eigenvalue weighted by atomic mass is 16.5. The second-order valence-corrected chi connectivity index (χ2v) is 22.6. The minimum absolute atomic E-state index is 0.412. The van der Waals surface area contributed by atoms with Gasteiger partial charge in [0.2, 0.25) is 0 Å². The average Bonchev–Trinajstić information content (AvgIpc) is 4.28. The van der Waals surface area contributed by atoms with Gasteiger partial charge in [0.05, 0.1) is 19.9 Å². The average molecular weight is 1050 g/mol. The first kappa shape index (κ1) is 67.7. The third-order valence-corrected chi connectivity index (χ3v) is 14.3. The molecule has 0 atom stereocenters. The molecule has 0 aromatic carbocycles. The SMILES string of the molecule is C=NC(C)(C)C(=N)N1CCCC1.C=NC(C)(C)C(=N)N1CCCC1.C=NC(C)(C)C(=N)N1CCCCC1.C=NC(C)(C)C(=N)N1CCNC1.C=NC(C)(C)C(=N)N1CCNCC1.C=NC(C)(C)C(=N)N1CCOCC1. The van der Waals surface area contributed by atoms with E-state index in [9.17, 15) is 0 Å². The zero-order valence-electron chi connectivity index (χ0n) is 49.0. The highest BCUT2D eigenvalue weighted by Crippen LogP contribution is 2.21. The molecule has 21 nitrogen and oxygen atoms in total. The summed E-state index contributed by atoms with van der Waals surface area (Å²) in [5.74, 6) is 3.48. The maximum Gasteiger partial charge on any atom is 0.125 e. The molecule has 21 heteroatoms. The Morgan fingerprint density at radius 1 is 0.320 bits per heavy atom. The molecule has 426 valence electrons. The van der Waals surface area contributed by atoms with Crippen LogP contribution in [-0.4, -0.2) is 249 Å². The summed E-state index contributed by atoms with van der Waals surface area (Å²) >= 11 is 0. The van der Waals surface area contributed by atoms with Crippen molar-refractivity contribution in [3.05, 3.63) is 0 Å². The number of piperidine rings is 1. The molecular weight excluding hydrogens is 945 g/mol. The largest absolute Gasteiger partial charge is 0.378 e. The molecule has 6 aliphatic heterocycles. The Bertz CT molecular complexity index is 1670. The second kappa shape index (κ2) is 31.7. The summed E-state index contributed by atoms with van der Waals surface area (Å²) in [6, 6.07) is 0. The van der Waals surface area contributed by atoms with Crippen molar-refractivity contribution in [2.24, 2.45) is 30.0 Å². The molecule has 0 saturated carbocycles. The van der Waals surface area contributed by atoms with E-state index in [-0.39, 0.29) is 0 Å². The van der Waals surface area contributed by atoms with Gasteiger partial charge in [-0.2, -0.15) is 0 Å². The molecule has 6 aliphatic rings. The number of aliphatic imine (C=N–C) groups is 6. The van der Waals surface area contributed by atoms with Gasteiger partial charge in [0.25, 0.3) is 0 Å². The molecule has 8 N–H and O–H groups in total. The molecule has 0 aliphatic carbocycles. The van der Waals surface area contributed by atoms with Crippen LogP contribution in [0.2, 0.25) is 0 Å². The standard InChI is InChI=1S/C10H19N3.C9H18N4.C9H17N3O.2C9H17N3.C8H16N4/c1-10(2,12-3)9(11)13-7-5-4-6-8-13;1-9(2,11-3)8(10)13-6-4-12-5-7-13;1-9(2,11-3)8(10)12-4-6-13-7-5-12;2*1-9(2,11-3)8(10)12-6-4-5-7-12;1-8(2,10-3)7(9)12-5-4-11-6-12/h11H,3-8H2,1-2H3;10,12H,3-7H2,1-2H3;10H,3-7H2,1-2H3;2*10H,3-7H2,1-2H3;9,11H,3-6H2,1-2H3. The van der Waals surface area contributed by atoms with Gasteiger partial charge in [-0.25, -0.2) is 0 Å². The molecule has 75 heavy (non-hydrogen) atoms. The predicted octanol–water partition coefficient (Wildman–Crippen LogP) is 6.43. The van der Waals surface area contributed by atoms with E-state index < -0.39 is 33.2 Å². The maximum atomic E-state index is 7.98. The zero-order valence-corrected chi connectivity index (χ0v) is 49.0. The second-order valence-electron chi connectivity index (χ2n) is 22.6. The molecule has 0 spiro atoms. The summed E-state index contributed by atoms with van der Waals surface area (Å²) in [4.78, 5) is 36.0. The van der Waals surface area contributed by atoms with Crippen molar-refractivity contribution in [3.8, 4) is 0 Å². The molecule has 6 fully saturated rings. The Morgan fingerprint density at radius 3 is 0.787 bits per heavy atom. The lowest BCUT2D eigenvalue weighted by atomic mass is 10.0. The fourth-order valence-electron chi connectivity index (χ4n) is 8.14. The van der Waals surface area contributed by atoms with Gasteiger partial charge >= 0.3 is 0 Å². The number of amidine groups is 6. The number of rotatable bonds is 12. The number of piperazine rings is 1. The Kier molecular flexibility index (Phi) is 28.6. The molecular formula is C54H104N20O. The molecule has 6 saturated heterocycles. The Hall–Kier alpha value is -5.28. The van der Waals surface area contributed by atoms with Crippen LogP contribution in [0.1, 0.15) is 128 Å². The van der Waals surface area contributed by atoms with Gasteiger partial charge in [-0.3, -0.25) is 67.7 Å². The third kappa shape index (κ3) is 22.1. The highest BCUT2D eigenvalue weighted by molar-refractivity contribution is 5.91. The van der Waals surface area contributed by atoms with Crippen molar-refractivity contribution >= 4 is 75.3 Å². The Balaban J connectivity index is 0.000000450. The predicted molar refractivity (Wildman–Crippen MR) is 322 cm³/mol. The number of hydrogen-bond donors (Lipinski definition) is 8. The van der Waals surface area contributed by atoms with E-state index in [1.54, 1.807) is 0 Å². The van der Waals surface area contributed by atoms with Crippen LogP contribution in [0.4, 0.5) is 0 Å². The van der Waals surface area contributed by atoms with E-state index in [0.29, 0.717) is 48.2 Å². The molecule has 0 aromatic heterocycles. The van der Waals surface area contributed by atoms with Crippen LogP contribution in [-0.2, 0) is 4.74 Å². The van der Waals surface area contributed by atoms with Gasteiger partial charge in [-0.1, -0.05) is 0 Å². The van der Waals surface area contributed by atoms with Gasteiger partial charge in [-0.05, 0) is 168 Å². The molecule has 0 unspecified atom stereocenters. The summed E-state index contributed by atoms with van der Waals surface area (Å²) in [5.41, 5.74) is -2.62. The first-order valence-corrected chi connectivity index (χ1v) is 26.9. The molecule has 0 amide bonds. The number of hydrogen-bond acceptors (Lipinski definition) is 15. The van der Waals surface area contributed by atoms with Crippen LogP contribution in [0.3, 0.4) is 0 Å². The topological polar surface area (TPSA) is 270 Å². The van der Waals surface area contributed by atoms with Crippen molar-refractivity contribution in [2.75, 3.05) is 112 Å². The van der Waals surface area contributed by atoms with Crippen molar-refractivity contribution in [3.63, 3.8) is 0 Å². The number of nitrogens with one attached hydrogen (secondary N) is 8. The Labute approximate surface area is 453 Å². The van der Waals surface area contributed by atoms with Gasteiger partial charge in [-0.15, -0.1) is 0 Å². The van der Waals surface area contributed by atoms with E-state index in [2.05, 4.69) is 100 Å². The molecule has 0 aromatic rings. The van der Waals surface area contributed by atoms with Crippen LogP contribution in [0.25, 0.3) is 0 Å². The van der Waals surface area contributed by atoms with Gasteiger partial charge in [0.1, 0.15) is 68.2 Å². The lowest BCUT2D eigenvalue weighted by Crippen LogP contribution is -2.51. The zero-order chi connectivity index (χ0) is 57.3. The van der Waals surface area contributed by atoms with Gasteiger partial charge in [0.15, 0.2) is 0 Å². The maximum absolute atomic E-state index is 7.98. The third-order valence-electron chi connectivity index (χ3n) is 14.3. The first-order chi connectivity index (χ1) is 35.0.